The molecule has 4 rings (SSSR count). The Balaban J connectivity index is 1.57. The molecule has 0 atom stereocenters. The zero-order chi connectivity index (χ0) is 21.8. The van der Waals surface area contributed by atoms with Crippen LogP contribution in [0.5, 0.6) is 0 Å². The Morgan fingerprint density at radius 2 is 2.06 bits per heavy atom. The van der Waals surface area contributed by atoms with E-state index in [9.17, 15) is 4.79 Å². The summed E-state index contributed by atoms with van der Waals surface area (Å²) in [5.41, 5.74) is 4.01. The number of amides is 1. The molecule has 0 radical (unpaired) electrons. The second-order valence-corrected chi connectivity index (χ2v) is 8.82. The molecule has 0 aliphatic carbocycles. The molecule has 0 unspecified atom stereocenters. The highest BCUT2D eigenvalue weighted by Crippen LogP contribution is 2.25. The van der Waals surface area contributed by atoms with E-state index in [2.05, 4.69) is 33.4 Å². The van der Waals surface area contributed by atoms with Gasteiger partial charge in [-0.3, -0.25) is 14.4 Å². The van der Waals surface area contributed by atoms with Gasteiger partial charge in [-0.25, -0.2) is 4.98 Å². The number of hydrogen-bond acceptors (Lipinski definition) is 4. The second kappa shape index (κ2) is 9.47. The minimum absolute atomic E-state index is 0.0109. The molecule has 7 nitrogen and oxygen atoms in total. The lowest BCUT2D eigenvalue weighted by molar-refractivity contribution is 0.0775. The summed E-state index contributed by atoms with van der Waals surface area (Å²) in [5, 5.41) is 4.83. The van der Waals surface area contributed by atoms with Gasteiger partial charge in [-0.05, 0) is 17.9 Å². The van der Waals surface area contributed by atoms with Gasteiger partial charge in [0.2, 0.25) is 0 Å². The SMILES string of the molecule is CC(C)CCn1nc(C(=O)N(C)Cc2ccccc2)c2c1CCN(Cc1ncc[nH]1)C2. The molecule has 164 valence electrons. The number of aryl methyl sites for hydroxylation is 1. The predicted octanol–water partition coefficient (Wildman–Crippen LogP) is 3.48. The van der Waals surface area contributed by atoms with E-state index in [1.54, 1.807) is 11.1 Å². The number of fused-ring (bicyclic) bond motifs is 1. The van der Waals surface area contributed by atoms with Crippen molar-refractivity contribution in [2.75, 3.05) is 13.6 Å². The Morgan fingerprint density at radius 3 is 2.77 bits per heavy atom. The molecule has 1 amide bonds. The number of H-pyrrole nitrogens is 1. The van der Waals surface area contributed by atoms with E-state index in [0.717, 1.165) is 56.0 Å². The minimum Gasteiger partial charge on any atom is -0.348 e. The van der Waals surface area contributed by atoms with Crippen LogP contribution in [-0.4, -0.2) is 49.0 Å². The van der Waals surface area contributed by atoms with Crippen LogP contribution in [0.1, 0.15) is 53.4 Å². The van der Waals surface area contributed by atoms with Crippen LogP contribution in [0.15, 0.2) is 42.7 Å². The van der Waals surface area contributed by atoms with Crippen LogP contribution in [0.4, 0.5) is 0 Å². The largest absolute Gasteiger partial charge is 0.348 e. The molecule has 1 aliphatic heterocycles. The maximum atomic E-state index is 13.4. The molecular formula is C24H32N6O. The van der Waals surface area contributed by atoms with Gasteiger partial charge in [-0.1, -0.05) is 44.2 Å². The smallest absolute Gasteiger partial charge is 0.274 e. The van der Waals surface area contributed by atoms with Crippen LogP contribution in [-0.2, 0) is 32.6 Å². The highest BCUT2D eigenvalue weighted by molar-refractivity contribution is 5.94. The molecule has 0 saturated carbocycles. The molecule has 0 bridgehead atoms. The fourth-order valence-electron chi connectivity index (χ4n) is 4.13. The summed E-state index contributed by atoms with van der Waals surface area (Å²) in [6.45, 7) is 8.28. The summed E-state index contributed by atoms with van der Waals surface area (Å²) in [7, 11) is 1.86. The van der Waals surface area contributed by atoms with E-state index in [1.807, 2.05) is 43.6 Å². The number of rotatable bonds is 8. The zero-order valence-corrected chi connectivity index (χ0v) is 18.7. The van der Waals surface area contributed by atoms with Gasteiger partial charge in [0, 0.05) is 63.3 Å². The number of imidazole rings is 1. The molecule has 0 spiro atoms. The summed E-state index contributed by atoms with van der Waals surface area (Å²) < 4.78 is 2.09. The number of nitrogens with zero attached hydrogens (tertiary/aromatic N) is 5. The third-order valence-corrected chi connectivity index (χ3v) is 5.87. The minimum atomic E-state index is -0.0109. The lowest BCUT2D eigenvalue weighted by Crippen LogP contribution is -2.33. The first kappa shape index (κ1) is 21.3. The normalized spacial score (nSPS) is 14.1. The van der Waals surface area contributed by atoms with Crippen LogP contribution in [0.25, 0.3) is 0 Å². The highest BCUT2D eigenvalue weighted by Gasteiger charge is 2.29. The first-order chi connectivity index (χ1) is 15.0. The monoisotopic (exact) mass is 420 g/mol. The van der Waals surface area contributed by atoms with E-state index >= 15 is 0 Å². The fourth-order valence-corrected chi connectivity index (χ4v) is 4.13. The molecule has 31 heavy (non-hydrogen) atoms. The Labute approximate surface area is 184 Å². The number of aromatic amines is 1. The molecule has 1 aliphatic rings. The van der Waals surface area contributed by atoms with Gasteiger partial charge in [0.15, 0.2) is 5.69 Å². The number of hydrogen-bond donors (Lipinski definition) is 1. The van der Waals surface area contributed by atoms with E-state index in [1.165, 1.54) is 5.69 Å². The van der Waals surface area contributed by atoms with Crippen LogP contribution >= 0.6 is 0 Å². The summed E-state index contributed by atoms with van der Waals surface area (Å²) in [4.78, 5) is 25.1. The predicted molar refractivity (Wildman–Crippen MR) is 120 cm³/mol. The topological polar surface area (TPSA) is 70.1 Å². The first-order valence-electron chi connectivity index (χ1n) is 11.1. The zero-order valence-electron chi connectivity index (χ0n) is 18.7. The van der Waals surface area contributed by atoms with Crippen molar-refractivity contribution in [3.8, 4) is 0 Å². The Kier molecular flexibility index (Phi) is 6.51. The van der Waals surface area contributed by atoms with Gasteiger partial charge in [0.05, 0.1) is 6.54 Å². The van der Waals surface area contributed by atoms with Crippen LogP contribution in [0.2, 0.25) is 0 Å². The molecule has 1 N–H and O–H groups in total. The third-order valence-electron chi connectivity index (χ3n) is 5.87. The van der Waals surface area contributed by atoms with E-state index in [4.69, 9.17) is 5.10 Å². The molecule has 3 heterocycles. The first-order valence-corrected chi connectivity index (χ1v) is 11.1. The molecule has 1 aromatic carbocycles. The van der Waals surface area contributed by atoms with Gasteiger partial charge in [0.1, 0.15) is 5.82 Å². The van der Waals surface area contributed by atoms with Crippen LogP contribution in [0, 0.1) is 5.92 Å². The number of nitrogens with one attached hydrogen (secondary N) is 1. The van der Waals surface area contributed by atoms with Gasteiger partial charge >= 0.3 is 0 Å². The van der Waals surface area contributed by atoms with Gasteiger partial charge in [-0.15, -0.1) is 0 Å². The number of benzene rings is 1. The quantitative estimate of drug-likeness (QED) is 0.606. The van der Waals surface area contributed by atoms with Gasteiger partial charge < -0.3 is 9.88 Å². The maximum absolute atomic E-state index is 13.4. The molecule has 0 saturated heterocycles. The molecule has 7 heteroatoms. The summed E-state index contributed by atoms with van der Waals surface area (Å²) in [5.74, 6) is 1.53. The number of carbonyl (C=O) groups is 1. The van der Waals surface area contributed by atoms with Crippen molar-refractivity contribution >= 4 is 5.91 Å². The maximum Gasteiger partial charge on any atom is 0.274 e. The second-order valence-electron chi connectivity index (χ2n) is 8.82. The van der Waals surface area contributed by atoms with Crippen molar-refractivity contribution in [3.05, 3.63) is 71.1 Å². The average Bonchev–Trinajstić information content (AvgIpc) is 3.40. The summed E-state index contributed by atoms with van der Waals surface area (Å²) in [6, 6.07) is 10.1. The van der Waals surface area contributed by atoms with Crippen LogP contribution in [0.3, 0.4) is 0 Å². The third kappa shape index (κ3) is 5.05. The molecule has 3 aromatic rings. The Hall–Kier alpha value is -2.93. The van der Waals surface area contributed by atoms with Crippen LogP contribution < -0.4 is 0 Å². The number of carbonyl (C=O) groups excluding carboxylic acids is 1. The van der Waals surface area contributed by atoms with E-state index in [-0.39, 0.29) is 5.91 Å². The van der Waals surface area contributed by atoms with Crippen molar-refractivity contribution in [2.45, 2.75) is 52.9 Å². The summed E-state index contributed by atoms with van der Waals surface area (Å²) in [6.07, 6.45) is 5.58. The lowest BCUT2D eigenvalue weighted by Gasteiger charge is -2.27. The van der Waals surface area contributed by atoms with Crippen molar-refractivity contribution in [3.63, 3.8) is 0 Å². The Morgan fingerprint density at radius 1 is 1.26 bits per heavy atom. The van der Waals surface area contributed by atoms with Gasteiger partial charge in [-0.2, -0.15) is 5.10 Å². The van der Waals surface area contributed by atoms with E-state index < -0.39 is 0 Å². The Bertz CT molecular complexity index is 993. The molecular weight excluding hydrogens is 388 g/mol. The molecule has 0 fully saturated rings. The average molecular weight is 421 g/mol. The van der Waals surface area contributed by atoms with Crippen molar-refractivity contribution in [2.24, 2.45) is 5.92 Å². The van der Waals surface area contributed by atoms with Crippen molar-refractivity contribution in [1.82, 2.24) is 29.5 Å². The van der Waals surface area contributed by atoms with Crippen molar-refractivity contribution in [1.29, 1.82) is 0 Å². The summed E-state index contributed by atoms with van der Waals surface area (Å²) >= 11 is 0. The highest BCUT2D eigenvalue weighted by atomic mass is 16.2. The van der Waals surface area contributed by atoms with Gasteiger partial charge in [0.25, 0.3) is 5.91 Å². The molecule has 2 aromatic heterocycles. The van der Waals surface area contributed by atoms with E-state index in [0.29, 0.717) is 18.2 Å². The fraction of sp³-hybridized carbons (Fsp3) is 0.458. The standard InChI is InChI=1S/C24H32N6O/c1-18(2)9-14-30-21-10-13-29(17-22-25-11-12-26-22)16-20(21)23(27-30)24(31)28(3)15-19-7-5-4-6-8-19/h4-8,11-12,18H,9-10,13-17H2,1-3H3,(H,25,26). The number of aromatic nitrogens is 4. The van der Waals surface area contributed by atoms with Crippen molar-refractivity contribution < 1.29 is 4.79 Å². The lowest BCUT2D eigenvalue weighted by atomic mass is 10.0.